The van der Waals surface area contributed by atoms with Crippen LogP contribution in [-0.4, -0.2) is 55.7 Å². The smallest absolute Gasteiger partial charge is 0.193 e. The Morgan fingerprint density at radius 2 is 1.93 bits per heavy atom. The predicted molar refractivity (Wildman–Crippen MR) is 108 cm³/mol. The topological polar surface area (TPSA) is 51.1 Å². The standard InChI is InChI=1S/C20H24ClFN4O/c1-23-20(24-9-8-15-6-7-16(22)14-17(15)21)26-12-10-25(11-13-26)18-4-2-3-5-19(18)27/h2-7,14,27H,8-13H2,1H3,(H,23,24). The van der Waals surface area contributed by atoms with E-state index in [1.807, 2.05) is 18.2 Å². The Balaban J connectivity index is 1.51. The van der Waals surface area contributed by atoms with Crippen molar-refractivity contribution in [1.29, 1.82) is 0 Å². The molecule has 7 heteroatoms. The van der Waals surface area contributed by atoms with Crippen LogP contribution in [-0.2, 0) is 6.42 Å². The summed E-state index contributed by atoms with van der Waals surface area (Å²) < 4.78 is 13.1. The summed E-state index contributed by atoms with van der Waals surface area (Å²) in [5, 5.41) is 13.8. The zero-order valence-corrected chi connectivity index (χ0v) is 16.1. The molecule has 1 fully saturated rings. The van der Waals surface area contributed by atoms with Gasteiger partial charge in [-0.2, -0.15) is 0 Å². The molecule has 1 saturated heterocycles. The van der Waals surface area contributed by atoms with Crippen LogP contribution in [0.15, 0.2) is 47.5 Å². The van der Waals surface area contributed by atoms with Crippen molar-refractivity contribution in [3.63, 3.8) is 0 Å². The number of rotatable bonds is 4. The van der Waals surface area contributed by atoms with Gasteiger partial charge >= 0.3 is 0 Å². The third kappa shape index (κ3) is 4.83. The number of nitrogens with zero attached hydrogens (tertiary/aromatic N) is 3. The van der Waals surface area contributed by atoms with Gasteiger partial charge in [-0.05, 0) is 36.2 Å². The molecule has 0 spiro atoms. The summed E-state index contributed by atoms with van der Waals surface area (Å²) >= 11 is 6.08. The molecule has 0 atom stereocenters. The molecule has 1 heterocycles. The second kappa shape index (κ2) is 8.95. The molecule has 5 nitrogen and oxygen atoms in total. The van der Waals surface area contributed by atoms with Gasteiger partial charge in [-0.15, -0.1) is 0 Å². The van der Waals surface area contributed by atoms with Gasteiger partial charge in [0.2, 0.25) is 0 Å². The van der Waals surface area contributed by atoms with Crippen LogP contribution in [0.5, 0.6) is 5.75 Å². The molecule has 0 unspecified atom stereocenters. The lowest BCUT2D eigenvalue weighted by Gasteiger charge is -2.37. The fourth-order valence-electron chi connectivity index (χ4n) is 3.26. The number of benzene rings is 2. The second-order valence-electron chi connectivity index (χ2n) is 6.42. The number of aromatic hydroxyl groups is 1. The molecule has 0 radical (unpaired) electrons. The van der Waals surface area contributed by atoms with Gasteiger partial charge in [0.1, 0.15) is 11.6 Å². The van der Waals surface area contributed by atoms with Gasteiger partial charge in [-0.3, -0.25) is 4.99 Å². The maximum atomic E-state index is 13.1. The molecule has 2 aromatic rings. The van der Waals surface area contributed by atoms with Gasteiger partial charge in [0.25, 0.3) is 0 Å². The van der Waals surface area contributed by atoms with Crippen LogP contribution in [0.4, 0.5) is 10.1 Å². The molecule has 0 amide bonds. The van der Waals surface area contributed by atoms with E-state index in [1.54, 1.807) is 19.2 Å². The fourth-order valence-corrected chi connectivity index (χ4v) is 3.52. The van der Waals surface area contributed by atoms with E-state index in [9.17, 15) is 9.50 Å². The molecular formula is C20H24ClFN4O. The summed E-state index contributed by atoms with van der Waals surface area (Å²) in [6.07, 6.45) is 0.690. The number of anilines is 1. The van der Waals surface area contributed by atoms with Gasteiger partial charge in [0.05, 0.1) is 5.69 Å². The van der Waals surface area contributed by atoms with Crippen molar-refractivity contribution in [2.45, 2.75) is 6.42 Å². The Kier molecular flexibility index (Phi) is 6.40. The Morgan fingerprint density at radius 3 is 2.59 bits per heavy atom. The zero-order chi connectivity index (χ0) is 19.2. The normalized spacial score (nSPS) is 15.1. The molecule has 0 aromatic heterocycles. The number of halogens is 2. The second-order valence-corrected chi connectivity index (χ2v) is 6.83. The summed E-state index contributed by atoms with van der Waals surface area (Å²) in [4.78, 5) is 8.74. The Bertz CT molecular complexity index is 806. The van der Waals surface area contributed by atoms with Gasteiger partial charge in [0.15, 0.2) is 5.96 Å². The number of para-hydroxylation sites is 2. The quantitative estimate of drug-likeness (QED) is 0.622. The summed E-state index contributed by atoms with van der Waals surface area (Å²) in [5.74, 6) is 0.824. The van der Waals surface area contributed by atoms with E-state index >= 15 is 0 Å². The van der Waals surface area contributed by atoms with Crippen molar-refractivity contribution in [1.82, 2.24) is 10.2 Å². The molecule has 0 saturated carbocycles. The Labute approximate surface area is 164 Å². The summed E-state index contributed by atoms with van der Waals surface area (Å²) in [6, 6.07) is 11.9. The third-order valence-electron chi connectivity index (χ3n) is 4.71. The molecule has 144 valence electrons. The highest BCUT2D eigenvalue weighted by Gasteiger charge is 2.21. The maximum absolute atomic E-state index is 13.1. The first-order valence-corrected chi connectivity index (χ1v) is 9.38. The molecule has 2 N–H and O–H groups in total. The molecule has 3 rings (SSSR count). The molecule has 1 aliphatic rings. The number of hydrogen-bond acceptors (Lipinski definition) is 3. The van der Waals surface area contributed by atoms with E-state index in [-0.39, 0.29) is 5.82 Å². The van der Waals surface area contributed by atoms with Crippen molar-refractivity contribution in [3.8, 4) is 5.75 Å². The van der Waals surface area contributed by atoms with Crippen molar-refractivity contribution in [2.24, 2.45) is 4.99 Å². The van der Waals surface area contributed by atoms with E-state index in [0.29, 0.717) is 23.7 Å². The Morgan fingerprint density at radius 1 is 1.19 bits per heavy atom. The van der Waals surface area contributed by atoms with Crippen LogP contribution in [0.1, 0.15) is 5.56 Å². The van der Waals surface area contributed by atoms with E-state index < -0.39 is 0 Å². The third-order valence-corrected chi connectivity index (χ3v) is 5.06. The van der Waals surface area contributed by atoms with E-state index in [4.69, 9.17) is 11.6 Å². The minimum Gasteiger partial charge on any atom is -0.506 e. The highest BCUT2D eigenvalue weighted by atomic mass is 35.5. The monoisotopic (exact) mass is 390 g/mol. The SMILES string of the molecule is CN=C(NCCc1ccc(F)cc1Cl)N1CCN(c2ccccc2O)CC1. The first-order chi connectivity index (χ1) is 13.1. The first kappa shape index (κ1) is 19.3. The molecular weight excluding hydrogens is 367 g/mol. The number of phenolic OH excluding ortho intramolecular Hbond substituents is 1. The number of piperazine rings is 1. The lowest BCUT2D eigenvalue weighted by atomic mass is 10.1. The highest BCUT2D eigenvalue weighted by Crippen LogP contribution is 2.27. The van der Waals surface area contributed by atoms with Crippen LogP contribution in [0.25, 0.3) is 0 Å². The van der Waals surface area contributed by atoms with Crippen LogP contribution < -0.4 is 10.2 Å². The molecule has 2 aromatic carbocycles. The van der Waals surface area contributed by atoms with Gasteiger partial charge in [-0.1, -0.05) is 29.8 Å². The summed E-state index contributed by atoms with van der Waals surface area (Å²) in [6.45, 7) is 3.90. The van der Waals surface area contributed by atoms with Crippen molar-refractivity contribution < 1.29 is 9.50 Å². The zero-order valence-electron chi connectivity index (χ0n) is 15.3. The van der Waals surface area contributed by atoms with Gasteiger partial charge in [0, 0.05) is 44.8 Å². The first-order valence-electron chi connectivity index (χ1n) is 9.01. The molecule has 27 heavy (non-hydrogen) atoms. The van der Waals surface area contributed by atoms with E-state index in [1.165, 1.54) is 12.1 Å². The average molecular weight is 391 g/mol. The van der Waals surface area contributed by atoms with Crippen LogP contribution >= 0.6 is 11.6 Å². The predicted octanol–water partition coefficient (Wildman–Crippen LogP) is 3.12. The van der Waals surface area contributed by atoms with Crippen molar-refractivity contribution >= 4 is 23.2 Å². The molecule has 1 aliphatic heterocycles. The summed E-state index contributed by atoms with van der Waals surface area (Å²) in [7, 11) is 1.77. The fraction of sp³-hybridized carbons (Fsp3) is 0.350. The van der Waals surface area contributed by atoms with Crippen LogP contribution in [0.2, 0.25) is 5.02 Å². The number of phenols is 1. The lowest BCUT2D eigenvalue weighted by molar-refractivity contribution is 0.370. The minimum atomic E-state index is -0.324. The average Bonchev–Trinajstić information content (AvgIpc) is 2.67. The minimum absolute atomic E-state index is 0.310. The van der Waals surface area contributed by atoms with Crippen molar-refractivity contribution in [2.75, 3.05) is 44.7 Å². The van der Waals surface area contributed by atoms with Crippen LogP contribution in [0, 0.1) is 5.82 Å². The van der Waals surface area contributed by atoms with Gasteiger partial charge in [-0.25, -0.2) is 4.39 Å². The summed E-state index contributed by atoms with van der Waals surface area (Å²) in [5.41, 5.74) is 1.77. The highest BCUT2D eigenvalue weighted by molar-refractivity contribution is 6.31. The number of nitrogens with one attached hydrogen (secondary N) is 1. The number of guanidine groups is 1. The largest absolute Gasteiger partial charge is 0.506 e. The van der Waals surface area contributed by atoms with Crippen molar-refractivity contribution in [3.05, 3.63) is 58.9 Å². The van der Waals surface area contributed by atoms with E-state index in [2.05, 4.69) is 20.1 Å². The number of aliphatic imine (C=N–C) groups is 1. The van der Waals surface area contributed by atoms with Gasteiger partial charge < -0.3 is 20.2 Å². The maximum Gasteiger partial charge on any atom is 0.193 e. The van der Waals surface area contributed by atoms with Crippen LogP contribution in [0.3, 0.4) is 0 Å². The molecule has 0 bridgehead atoms. The molecule has 0 aliphatic carbocycles. The lowest BCUT2D eigenvalue weighted by Crippen LogP contribution is -2.52. The van der Waals surface area contributed by atoms with E-state index in [0.717, 1.165) is 43.4 Å². The Hall–Kier alpha value is -2.47. The number of hydrogen-bond donors (Lipinski definition) is 2.